The lowest BCUT2D eigenvalue weighted by atomic mass is 10.1. The van der Waals surface area contributed by atoms with Gasteiger partial charge in [-0.2, -0.15) is 0 Å². The molecule has 180 valence electrons. The summed E-state index contributed by atoms with van der Waals surface area (Å²) in [6.07, 6.45) is 6.27. The van der Waals surface area contributed by atoms with Crippen LogP contribution in [0, 0.1) is 0 Å². The van der Waals surface area contributed by atoms with Gasteiger partial charge in [0.1, 0.15) is 6.54 Å². The van der Waals surface area contributed by atoms with Gasteiger partial charge in [-0.05, 0) is 54.8 Å². The molecule has 1 heterocycles. The van der Waals surface area contributed by atoms with E-state index in [4.69, 9.17) is 9.47 Å². The van der Waals surface area contributed by atoms with Crippen molar-refractivity contribution >= 4 is 23.2 Å². The summed E-state index contributed by atoms with van der Waals surface area (Å²) in [6.45, 7) is 3.45. The average Bonchev–Trinajstić information content (AvgIpc) is 3.54. The van der Waals surface area contributed by atoms with Gasteiger partial charge < -0.3 is 19.3 Å². The summed E-state index contributed by atoms with van der Waals surface area (Å²) in [5, 5.41) is 2.03. The minimum absolute atomic E-state index is 0.0135. The number of hydrogen-bond donors (Lipinski definition) is 0. The molecule has 1 saturated carbocycles. The first kappa shape index (κ1) is 25.1. The molecule has 0 bridgehead atoms. The Labute approximate surface area is 201 Å². The number of carbonyl (C=O) groups excluding carboxylic acids is 2. The molecule has 0 aliphatic heterocycles. The molecule has 6 nitrogen and oxygen atoms in total. The normalized spacial score (nSPS) is 12.9. The average molecular weight is 473 g/mol. The molecule has 0 N–H and O–H groups in total. The quantitative estimate of drug-likeness (QED) is 0.367. The van der Waals surface area contributed by atoms with Gasteiger partial charge in [0.2, 0.25) is 11.8 Å². The molecular formula is C26H36N2O4S. The largest absolute Gasteiger partial charge is 0.493 e. The van der Waals surface area contributed by atoms with Gasteiger partial charge in [0, 0.05) is 23.9 Å². The van der Waals surface area contributed by atoms with Crippen LogP contribution in [0.5, 0.6) is 11.5 Å². The number of benzene rings is 1. The van der Waals surface area contributed by atoms with Crippen LogP contribution >= 0.6 is 11.3 Å². The Kier molecular flexibility index (Phi) is 9.61. The van der Waals surface area contributed by atoms with E-state index < -0.39 is 0 Å². The maximum Gasteiger partial charge on any atom is 0.242 e. The standard InChI is InChI=1S/C26H36N2O4S/c1-4-5-6-9-25(29)28(21-11-12-21)19-26(30)27(18-22-8-7-16-33-22)15-14-20-10-13-23(31-2)24(17-20)32-3/h7-8,10,13,16-17,21H,4-6,9,11-12,14-15,18-19H2,1-3H3. The summed E-state index contributed by atoms with van der Waals surface area (Å²) >= 11 is 1.65. The maximum absolute atomic E-state index is 13.4. The Morgan fingerprint density at radius 1 is 1.06 bits per heavy atom. The van der Waals surface area contributed by atoms with E-state index in [0.29, 0.717) is 37.4 Å². The minimum atomic E-state index is 0.0135. The Bertz CT molecular complexity index is 896. The van der Waals surface area contributed by atoms with Gasteiger partial charge in [-0.1, -0.05) is 31.9 Å². The van der Waals surface area contributed by atoms with E-state index in [2.05, 4.69) is 13.0 Å². The zero-order valence-corrected chi connectivity index (χ0v) is 20.9. The van der Waals surface area contributed by atoms with Crippen LogP contribution in [0.15, 0.2) is 35.7 Å². The van der Waals surface area contributed by atoms with Crippen molar-refractivity contribution in [3.05, 3.63) is 46.2 Å². The van der Waals surface area contributed by atoms with E-state index in [-0.39, 0.29) is 24.4 Å². The van der Waals surface area contributed by atoms with E-state index in [1.54, 1.807) is 25.6 Å². The molecule has 0 saturated heterocycles. The summed E-state index contributed by atoms with van der Waals surface area (Å²) in [7, 11) is 3.24. The number of amides is 2. The number of hydrogen-bond acceptors (Lipinski definition) is 5. The highest BCUT2D eigenvalue weighted by Crippen LogP contribution is 2.29. The van der Waals surface area contributed by atoms with Gasteiger partial charge in [0.15, 0.2) is 11.5 Å². The van der Waals surface area contributed by atoms with Crippen molar-refractivity contribution in [2.75, 3.05) is 27.3 Å². The van der Waals surface area contributed by atoms with Gasteiger partial charge in [-0.25, -0.2) is 0 Å². The van der Waals surface area contributed by atoms with Crippen LogP contribution in [-0.4, -0.2) is 55.0 Å². The summed E-state index contributed by atoms with van der Waals surface area (Å²) in [5.74, 6) is 1.51. The van der Waals surface area contributed by atoms with Gasteiger partial charge in [0.05, 0.1) is 20.8 Å². The predicted molar refractivity (Wildman–Crippen MR) is 132 cm³/mol. The first-order valence-corrected chi connectivity index (χ1v) is 12.7. The van der Waals surface area contributed by atoms with Crippen LogP contribution in [0.4, 0.5) is 0 Å². The number of nitrogens with zero attached hydrogens (tertiary/aromatic N) is 2. The van der Waals surface area contributed by atoms with Crippen molar-refractivity contribution in [3.63, 3.8) is 0 Å². The third kappa shape index (κ3) is 7.49. The second-order valence-electron chi connectivity index (χ2n) is 8.54. The second-order valence-corrected chi connectivity index (χ2v) is 9.58. The van der Waals surface area contributed by atoms with E-state index in [1.807, 2.05) is 39.4 Å². The lowest BCUT2D eigenvalue weighted by Crippen LogP contribution is -2.44. The molecule has 0 spiro atoms. The first-order valence-electron chi connectivity index (χ1n) is 11.9. The molecule has 7 heteroatoms. The molecule has 2 amide bonds. The Morgan fingerprint density at radius 3 is 2.48 bits per heavy atom. The van der Waals surface area contributed by atoms with Crippen LogP contribution in [0.1, 0.15) is 55.9 Å². The molecular weight excluding hydrogens is 436 g/mol. The molecule has 0 radical (unpaired) electrons. The first-order chi connectivity index (χ1) is 16.0. The van der Waals surface area contributed by atoms with Crippen LogP contribution in [0.2, 0.25) is 0 Å². The molecule has 2 aromatic rings. The van der Waals surface area contributed by atoms with Crippen LogP contribution in [0.25, 0.3) is 0 Å². The van der Waals surface area contributed by atoms with Crippen molar-refractivity contribution in [2.45, 2.75) is 64.5 Å². The summed E-state index contributed by atoms with van der Waals surface area (Å²) in [5.41, 5.74) is 1.08. The fourth-order valence-corrected chi connectivity index (χ4v) is 4.62. The number of ether oxygens (including phenoxy) is 2. The van der Waals surface area contributed by atoms with E-state index in [1.165, 1.54) is 0 Å². The number of rotatable bonds is 14. The molecule has 0 atom stereocenters. The summed E-state index contributed by atoms with van der Waals surface area (Å²) in [4.78, 5) is 31.1. The fraction of sp³-hybridized carbons (Fsp3) is 0.538. The lowest BCUT2D eigenvalue weighted by molar-refractivity contribution is -0.141. The van der Waals surface area contributed by atoms with Crippen LogP contribution in [-0.2, 0) is 22.6 Å². The molecule has 1 fully saturated rings. The summed E-state index contributed by atoms with van der Waals surface area (Å²) < 4.78 is 10.7. The monoisotopic (exact) mass is 472 g/mol. The Hall–Kier alpha value is -2.54. The van der Waals surface area contributed by atoms with Crippen LogP contribution < -0.4 is 9.47 Å². The van der Waals surface area contributed by atoms with E-state index >= 15 is 0 Å². The highest BCUT2D eigenvalue weighted by Gasteiger charge is 2.34. The SMILES string of the molecule is CCCCCC(=O)N(CC(=O)N(CCc1ccc(OC)c(OC)c1)Cc1cccs1)C1CC1. The van der Waals surface area contributed by atoms with Crippen molar-refractivity contribution in [2.24, 2.45) is 0 Å². The maximum atomic E-state index is 13.4. The van der Waals surface area contributed by atoms with Gasteiger partial charge in [-0.3, -0.25) is 9.59 Å². The molecule has 33 heavy (non-hydrogen) atoms. The molecule has 1 aliphatic carbocycles. The number of methoxy groups -OCH3 is 2. The van der Waals surface area contributed by atoms with Crippen molar-refractivity contribution < 1.29 is 19.1 Å². The van der Waals surface area contributed by atoms with Crippen LogP contribution in [0.3, 0.4) is 0 Å². The van der Waals surface area contributed by atoms with Crippen molar-refractivity contribution in [1.82, 2.24) is 9.80 Å². The zero-order valence-electron chi connectivity index (χ0n) is 20.0. The Balaban J connectivity index is 1.67. The molecule has 3 rings (SSSR count). The number of unbranched alkanes of at least 4 members (excludes halogenated alkanes) is 2. The fourth-order valence-electron chi connectivity index (χ4n) is 3.91. The van der Waals surface area contributed by atoms with Crippen molar-refractivity contribution in [1.29, 1.82) is 0 Å². The third-order valence-electron chi connectivity index (χ3n) is 6.01. The van der Waals surface area contributed by atoms with Gasteiger partial charge in [0.25, 0.3) is 0 Å². The Morgan fingerprint density at radius 2 is 1.85 bits per heavy atom. The molecule has 1 aliphatic rings. The molecule has 1 aromatic heterocycles. The lowest BCUT2D eigenvalue weighted by Gasteiger charge is -2.28. The smallest absolute Gasteiger partial charge is 0.242 e. The topological polar surface area (TPSA) is 59.1 Å². The number of thiophene rings is 1. The van der Waals surface area contributed by atoms with E-state index in [9.17, 15) is 9.59 Å². The van der Waals surface area contributed by atoms with E-state index in [0.717, 1.165) is 42.5 Å². The van der Waals surface area contributed by atoms with Gasteiger partial charge in [-0.15, -0.1) is 11.3 Å². The predicted octanol–water partition coefficient (Wildman–Crippen LogP) is 4.91. The third-order valence-corrected chi connectivity index (χ3v) is 6.87. The summed E-state index contributed by atoms with van der Waals surface area (Å²) in [6, 6.07) is 10.1. The van der Waals surface area contributed by atoms with Crippen molar-refractivity contribution in [3.8, 4) is 11.5 Å². The highest BCUT2D eigenvalue weighted by atomic mass is 32.1. The molecule has 1 aromatic carbocycles. The minimum Gasteiger partial charge on any atom is -0.493 e. The molecule has 0 unspecified atom stereocenters. The number of carbonyl (C=O) groups is 2. The highest BCUT2D eigenvalue weighted by molar-refractivity contribution is 7.09. The zero-order chi connectivity index (χ0) is 23.6. The second kappa shape index (κ2) is 12.6. The van der Waals surface area contributed by atoms with Gasteiger partial charge >= 0.3 is 0 Å².